The van der Waals surface area contributed by atoms with Crippen LogP contribution in [0.1, 0.15) is 11.1 Å². The molecule has 2 aromatic rings. The number of aromatic hydroxyl groups is 1. The second-order valence-corrected chi connectivity index (χ2v) is 5.21. The Labute approximate surface area is 112 Å². The van der Waals surface area contributed by atoms with Crippen molar-refractivity contribution in [3.63, 3.8) is 0 Å². The van der Waals surface area contributed by atoms with Gasteiger partial charge in [0, 0.05) is 0 Å². The summed E-state index contributed by atoms with van der Waals surface area (Å²) in [5.74, 6) is 1.20. The van der Waals surface area contributed by atoms with Crippen LogP contribution < -0.4 is 4.74 Å². The first-order chi connectivity index (χ1) is 8.63. The Hall–Kier alpha value is -1.61. The minimum Gasteiger partial charge on any atom is -0.506 e. The van der Waals surface area contributed by atoms with Gasteiger partial charge in [-0.25, -0.2) is 0 Å². The van der Waals surface area contributed by atoms with Gasteiger partial charge in [-0.05, 0) is 37.1 Å². The van der Waals surface area contributed by atoms with Crippen LogP contribution in [0.25, 0.3) is 0 Å². The van der Waals surface area contributed by atoms with Gasteiger partial charge in [-0.1, -0.05) is 36.0 Å². The number of phenolic OH excluding ortho intramolecular Hbond substituents is 1. The predicted molar refractivity (Wildman–Crippen MR) is 74.7 cm³/mol. The smallest absolute Gasteiger partial charge is 0.135 e. The van der Waals surface area contributed by atoms with E-state index in [0.717, 1.165) is 26.7 Å². The van der Waals surface area contributed by atoms with Crippen LogP contribution >= 0.6 is 11.8 Å². The van der Waals surface area contributed by atoms with Crippen molar-refractivity contribution in [3.05, 3.63) is 47.5 Å². The zero-order chi connectivity index (χ0) is 13.1. The molecule has 0 radical (unpaired) electrons. The average Bonchev–Trinajstić information content (AvgIpc) is 2.35. The highest BCUT2D eigenvalue weighted by atomic mass is 32.2. The first-order valence-electron chi connectivity index (χ1n) is 5.73. The van der Waals surface area contributed by atoms with Gasteiger partial charge in [0.1, 0.15) is 11.5 Å². The minimum atomic E-state index is 0.339. The lowest BCUT2D eigenvalue weighted by Crippen LogP contribution is -1.89. The lowest BCUT2D eigenvalue weighted by atomic mass is 10.2. The Morgan fingerprint density at radius 3 is 2.22 bits per heavy atom. The molecule has 0 aliphatic rings. The molecule has 18 heavy (non-hydrogen) atoms. The first-order valence-corrected chi connectivity index (χ1v) is 6.55. The fourth-order valence-electron chi connectivity index (χ4n) is 1.80. The van der Waals surface area contributed by atoms with E-state index >= 15 is 0 Å². The molecule has 0 aliphatic carbocycles. The standard InChI is InChI=1S/C15H16O2S/c1-10-6-4-8-12(14(10)16)18-13-9-5-7-11(2)15(13)17-3/h4-9,16H,1-3H3. The quantitative estimate of drug-likeness (QED) is 0.898. The van der Waals surface area contributed by atoms with Gasteiger partial charge in [-0.3, -0.25) is 0 Å². The number of hydrogen-bond acceptors (Lipinski definition) is 3. The third kappa shape index (κ3) is 2.46. The number of rotatable bonds is 3. The lowest BCUT2D eigenvalue weighted by molar-refractivity contribution is 0.401. The fourth-order valence-corrected chi connectivity index (χ4v) is 2.93. The fraction of sp³-hybridized carbons (Fsp3) is 0.200. The summed E-state index contributed by atoms with van der Waals surface area (Å²) >= 11 is 1.52. The van der Waals surface area contributed by atoms with E-state index in [2.05, 4.69) is 0 Å². The third-order valence-electron chi connectivity index (χ3n) is 2.80. The molecule has 2 rings (SSSR count). The van der Waals surface area contributed by atoms with E-state index in [1.54, 1.807) is 7.11 Å². The van der Waals surface area contributed by atoms with E-state index < -0.39 is 0 Å². The summed E-state index contributed by atoms with van der Waals surface area (Å²) in [6.45, 7) is 3.91. The highest BCUT2D eigenvalue weighted by Gasteiger charge is 2.10. The molecule has 94 valence electrons. The summed E-state index contributed by atoms with van der Waals surface area (Å²) in [5.41, 5.74) is 1.97. The monoisotopic (exact) mass is 260 g/mol. The molecule has 0 heterocycles. The maximum atomic E-state index is 10.0. The number of ether oxygens (including phenoxy) is 1. The summed E-state index contributed by atoms with van der Waals surface area (Å²) < 4.78 is 5.42. The molecular formula is C15H16O2S. The van der Waals surface area contributed by atoms with E-state index in [4.69, 9.17) is 4.74 Å². The molecule has 0 unspecified atom stereocenters. The maximum absolute atomic E-state index is 10.0. The number of benzene rings is 2. The first kappa shape index (κ1) is 12.8. The number of para-hydroxylation sites is 2. The van der Waals surface area contributed by atoms with Gasteiger partial charge < -0.3 is 9.84 Å². The predicted octanol–water partition coefficient (Wildman–Crippen LogP) is 4.17. The third-order valence-corrected chi connectivity index (χ3v) is 3.89. The van der Waals surface area contributed by atoms with E-state index in [9.17, 15) is 5.11 Å². The number of methoxy groups -OCH3 is 1. The van der Waals surface area contributed by atoms with Crippen molar-refractivity contribution in [2.24, 2.45) is 0 Å². The summed E-state index contributed by atoms with van der Waals surface area (Å²) in [4.78, 5) is 1.86. The molecule has 0 bridgehead atoms. The molecule has 3 heteroatoms. The normalized spacial score (nSPS) is 10.4. The molecule has 0 saturated heterocycles. The summed E-state index contributed by atoms with van der Waals surface area (Å²) in [6.07, 6.45) is 0. The van der Waals surface area contributed by atoms with Crippen LogP contribution in [0.15, 0.2) is 46.2 Å². The zero-order valence-corrected chi connectivity index (χ0v) is 11.5. The average molecular weight is 260 g/mol. The largest absolute Gasteiger partial charge is 0.506 e. The second kappa shape index (κ2) is 5.36. The van der Waals surface area contributed by atoms with Crippen LogP contribution in [0, 0.1) is 13.8 Å². The molecule has 0 atom stereocenters. The molecule has 0 saturated carbocycles. The number of hydrogen-bond donors (Lipinski definition) is 1. The molecule has 2 aromatic carbocycles. The van der Waals surface area contributed by atoms with Gasteiger partial charge in [0.15, 0.2) is 0 Å². The van der Waals surface area contributed by atoms with Gasteiger partial charge in [-0.15, -0.1) is 0 Å². The van der Waals surface area contributed by atoms with Gasteiger partial charge in [-0.2, -0.15) is 0 Å². The summed E-state index contributed by atoms with van der Waals surface area (Å²) in [7, 11) is 1.67. The SMILES string of the molecule is COc1c(C)cccc1Sc1cccc(C)c1O. The highest BCUT2D eigenvalue weighted by Crippen LogP contribution is 2.41. The van der Waals surface area contributed by atoms with Crippen LogP contribution in [0.5, 0.6) is 11.5 Å². The number of aryl methyl sites for hydroxylation is 2. The van der Waals surface area contributed by atoms with E-state index in [1.165, 1.54) is 11.8 Å². The Morgan fingerprint density at radius 2 is 1.56 bits per heavy atom. The van der Waals surface area contributed by atoms with Crippen LogP contribution in [0.4, 0.5) is 0 Å². The molecule has 0 aromatic heterocycles. The summed E-state index contributed by atoms with van der Waals surface area (Å²) in [5, 5.41) is 10.0. The number of phenols is 1. The summed E-state index contributed by atoms with van der Waals surface area (Å²) in [6, 6.07) is 11.8. The van der Waals surface area contributed by atoms with E-state index in [-0.39, 0.29) is 0 Å². The van der Waals surface area contributed by atoms with Crippen LogP contribution in [0.3, 0.4) is 0 Å². The Kier molecular flexibility index (Phi) is 3.82. The molecule has 2 nitrogen and oxygen atoms in total. The van der Waals surface area contributed by atoms with Crippen molar-refractivity contribution < 1.29 is 9.84 Å². The molecule has 0 amide bonds. The topological polar surface area (TPSA) is 29.5 Å². The van der Waals surface area contributed by atoms with Crippen molar-refractivity contribution in [2.75, 3.05) is 7.11 Å². The van der Waals surface area contributed by atoms with Crippen molar-refractivity contribution in [1.29, 1.82) is 0 Å². The Bertz CT molecular complexity index is 564. The molecule has 1 N–H and O–H groups in total. The van der Waals surface area contributed by atoms with Gasteiger partial charge >= 0.3 is 0 Å². The lowest BCUT2D eigenvalue weighted by Gasteiger charge is -2.12. The van der Waals surface area contributed by atoms with Gasteiger partial charge in [0.25, 0.3) is 0 Å². The Balaban J connectivity index is 2.40. The van der Waals surface area contributed by atoms with Crippen molar-refractivity contribution in [3.8, 4) is 11.5 Å². The van der Waals surface area contributed by atoms with Gasteiger partial charge in [0.05, 0.1) is 16.9 Å². The molecule has 0 aliphatic heterocycles. The molecule has 0 fully saturated rings. The zero-order valence-electron chi connectivity index (χ0n) is 10.7. The maximum Gasteiger partial charge on any atom is 0.135 e. The second-order valence-electron chi connectivity index (χ2n) is 4.13. The van der Waals surface area contributed by atoms with E-state index in [1.807, 2.05) is 50.2 Å². The van der Waals surface area contributed by atoms with Crippen molar-refractivity contribution >= 4 is 11.8 Å². The highest BCUT2D eigenvalue weighted by molar-refractivity contribution is 7.99. The van der Waals surface area contributed by atoms with Gasteiger partial charge in [0.2, 0.25) is 0 Å². The Morgan fingerprint density at radius 1 is 0.944 bits per heavy atom. The van der Waals surface area contributed by atoms with Crippen LogP contribution in [-0.4, -0.2) is 12.2 Å². The minimum absolute atomic E-state index is 0.339. The molecular weight excluding hydrogens is 244 g/mol. The van der Waals surface area contributed by atoms with Crippen LogP contribution in [-0.2, 0) is 0 Å². The van der Waals surface area contributed by atoms with Crippen molar-refractivity contribution in [2.45, 2.75) is 23.6 Å². The van der Waals surface area contributed by atoms with Crippen LogP contribution in [0.2, 0.25) is 0 Å². The van der Waals surface area contributed by atoms with Crippen molar-refractivity contribution in [1.82, 2.24) is 0 Å². The van der Waals surface area contributed by atoms with E-state index in [0.29, 0.717) is 5.75 Å². The molecule has 0 spiro atoms.